The molecule has 1 aromatic carbocycles. The second kappa shape index (κ2) is 7.50. The first kappa shape index (κ1) is 15.1. The number of hydrogen-bond donors (Lipinski definition) is 1. The maximum Gasteiger partial charge on any atom is 0.271 e. The van der Waals surface area contributed by atoms with E-state index in [0.29, 0.717) is 18.8 Å². The van der Waals surface area contributed by atoms with Crippen LogP contribution >= 0.6 is 0 Å². The van der Waals surface area contributed by atoms with Gasteiger partial charge in [0.15, 0.2) is 0 Å². The topological polar surface area (TPSA) is 64.1 Å². The molecule has 0 spiro atoms. The van der Waals surface area contributed by atoms with Crippen LogP contribution in [0.25, 0.3) is 0 Å². The number of aromatic nitrogens is 2. The van der Waals surface area contributed by atoms with E-state index < -0.39 is 0 Å². The van der Waals surface area contributed by atoms with Gasteiger partial charge in [0.05, 0.1) is 18.9 Å². The van der Waals surface area contributed by atoms with E-state index in [-0.39, 0.29) is 12.0 Å². The molecule has 0 saturated heterocycles. The molecular formula is C16H19N3O2. The smallest absolute Gasteiger partial charge is 0.271 e. The number of carbonyl (C=O) groups excluding carboxylic acids is 1. The Balaban J connectivity index is 1.91. The number of nitrogens with one attached hydrogen (secondary N) is 1. The van der Waals surface area contributed by atoms with E-state index in [0.717, 1.165) is 11.1 Å². The summed E-state index contributed by atoms with van der Waals surface area (Å²) in [5, 5.41) is 2.83. The van der Waals surface area contributed by atoms with E-state index in [2.05, 4.69) is 15.3 Å². The molecule has 0 radical (unpaired) electrons. The molecule has 0 saturated carbocycles. The molecule has 2 rings (SSSR count). The molecule has 21 heavy (non-hydrogen) atoms. The van der Waals surface area contributed by atoms with Crippen LogP contribution in [-0.2, 0) is 17.9 Å². The molecule has 0 aliphatic rings. The number of amides is 1. The van der Waals surface area contributed by atoms with Gasteiger partial charge < -0.3 is 10.1 Å². The van der Waals surface area contributed by atoms with Gasteiger partial charge in [-0.05, 0) is 25.0 Å². The highest BCUT2D eigenvalue weighted by atomic mass is 16.5. The summed E-state index contributed by atoms with van der Waals surface area (Å²) in [5.74, 6) is -0.230. The minimum absolute atomic E-state index is 0.199. The van der Waals surface area contributed by atoms with Crippen LogP contribution in [0.15, 0.2) is 42.9 Å². The first-order valence-corrected chi connectivity index (χ1v) is 6.89. The van der Waals surface area contributed by atoms with Gasteiger partial charge in [-0.1, -0.05) is 24.3 Å². The summed E-state index contributed by atoms with van der Waals surface area (Å²) in [7, 11) is 0. The van der Waals surface area contributed by atoms with Gasteiger partial charge in [0.2, 0.25) is 0 Å². The minimum Gasteiger partial charge on any atom is -0.374 e. The third kappa shape index (κ3) is 4.96. The molecule has 1 amide bonds. The van der Waals surface area contributed by atoms with Crippen molar-refractivity contribution < 1.29 is 9.53 Å². The zero-order chi connectivity index (χ0) is 15.1. The van der Waals surface area contributed by atoms with E-state index in [9.17, 15) is 4.79 Å². The quantitative estimate of drug-likeness (QED) is 0.884. The maximum absolute atomic E-state index is 11.9. The Bertz CT molecular complexity index is 585. The molecule has 110 valence electrons. The van der Waals surface area contributed by atoms with Crippen LogP contribution in [0.1, 0.15) is 35.5 Å². The standard InChI is InChI=1S/C16H19N3O2/c1-12(2)21-11-14-5-3-4-13(8-14)9-19-16(20)15-10-17-6-7-18-15/h3-8,10,12H,9,11H2,1-2H3,(H,19,20). The minimum atomic E-state index is -0.230. The zero-order valence-corrected chi connectivity index (χ0v) is 12.2. The van der Waals surface area contributed by atoms with Crippen molar-refractivity contribution in [3.05, 3.63) is 59.7 Å². The lowest BCUT2D eigenvalue weighted by atomic mass is 10.1. The van der Waals surface area contributed by atoms with Crippen LogP contribution in [0.5, 0.6) is 0 Å². The highest BCUT2D eigenvalue weighted by Gasteiger charge is 2.06. The second-order valence-electron chi connectivity index (χ2n) is 4.95. The summed E-state index contributed by atoms with van der Waals surface area (Å²) in [6.07, 6.45) is 4.68. The van der Waals surface area contributed by atoms with E-state index in [1.54, 1.807) is 0 Å². The van der Waals surface area contributed by atoms with Crippen LogP contribution in [0, 0.1) is 0 Å². The molecule has 5 nitrogen and oxygen atoms in total. The molecule has 0 bridgehead atoms. The van der Waals surface area contributed by atoms with E-state index in [1.165, 1.54) is 18.6 Å². The summed E-state index contributed by atoms with van der Waals surface area (Å²) in [6, 6.07) is 7.97. The molecule has 1 aromatic heterocycles. The average molecular weight is 285 g/mol. The Hall–Kier alpha value is -2.27. The summed E-state index contributed by atoms with van der Waals surface area (Å²) in [5.41, 5.74) is 2.43. The Morgan fingerprint density at radius 2 is 2.10 bits per heavy atom. The van der Waals surface area contributed by atoms with Gasteiger partial charge >= 0.3 is 0 Å². The summed E-state index contributed by atoms with van der Waals surface area (Å²) >= 11 is 0. The molecule has 0 unspecified atom stereocenters. The Labute approximate surface area is 124 Å². The SMILES string of the molecule is CC(C)OCc1cccc(CNC(=O)c2cnccn2)c1. The van der Waals surface area contributed by atoms with Crippen molar-refractivity contribution in [2.45, 2.75) is 33.1 Å². The van der Waals surface area contributed by atoms with Crippen molar-refractivity contribution in [3.8, 4) is 0 Å². The van der Waals surface area contributed by atoms with Crippen LogP contribution in [0.4, 0.5) is 0 Å². The number of benzene rings is 1. The number of hydrogen-bond acceptors (Lipinski definition) is 4. The normalized spacial score (nSPS) is 10.6. The fraction of sp³-hybridized carbons (Fsp3) is 0.312. The van der Waals surface area contributed by atoms with E-state index in [1.807, 2.05) is 38.1 Å². The first-order chi connectivity index (χ1) is 10.1. The van der Waals surface area contributed by atoms with Gasteiger partial charge in [-0.3, -0.25) is 9.78 Å². The van der Waals surface area contributed by atoms with Gasteiger partial charge in [0.1, 0.15) is 5.69 Å². The van der Waals surface area contributed by atoms with E-state index >= 15 is 0 Å². The summed E-state index contributed by atoms with van der Waals surface area (Å²) < 4.78 is 5.57. The predicted octanol–water partition coefficient (Wildman–Crippen LogP) is 2.33. The number of carbonyl (C=O) groups is 1. The largest absolute Gasteiger partial charge is 0.374 e. The van der Waals surface area contributed by atoms with Crippen molar-refractivity contribution in [1.82, 2.24) is 15.3 Å². The lowest BCUT2D eigenvalue weighted by molar-refractivity contribution is 0.0657. The van der Waals surface area contributed by atoms with Gasteiger partial charge in [0.25, 0.3) is 5.91 Å². The van der Waals surface area contributed by atoms with Crippen molar-refractivity contribution in [2.24, 2.45) is 0 Å². The fourth-order valence-corrected chi connectivity index (χ4v) is 1.78. The Morgan fingerprint density at radius 3 is 2.81 bits per heavy atom. The fourth-order valence-electron chi connectivity index (χ4n) is 1.78. The lowest BCUT2D eigenvalue weighted by Gasteiger charge is -2.09. The van der Waals surface area contributed by atoms with Gasteiger partial charge in [-0.15, -0.1) is 0 Å². The Kier molecular flexibility index (Phi) is 5.40. The maximum atomic E-state index is 11.9. The third-order valence-electron chi connectivity index (χ3n) is 2.82. The molecule has 0 fully saturated rings. The summed E-state index contributed by atoms with van der Waals surface area (Å²) in [6.45, 7) is 5.03. The Morgan fingerprint density at radius 1 is 1.29 bits per heavy atom. The molecule has 0 atom stereocenters. The summed E-state index contributed by atoms with van der Waals surface area (Å²) in [4.78, 5) is 19.7. The number of rotatable bonds is 6. The van der Waals surface area contributed by atoms with Gasteiger partial charge in [0, 0.05) is 18.9 Å². The predicted molar refractivity (Wildman–Crippen MR) is 79.6 cm³/mol. The van der Waals surface area contributed by atoms with Crippen molar-refractivity contribution in [3.63, 3.8) is 0 Å². The average Bonchev–Trinajstić information content (AvgIpc) is 2.52. The molecule has 0 aliphatic carbocycles. The van der Waals surface area contributed by atoms with Crippen LogP contribution in [0.3, 0.4) is 0 Å². The monoisotopic (exact) mass is 285 g/mol. The molecule has 2 aromatic rings. The van der Waals surface area contributed by atoms with Gasteiger partial charge in [-0.25, -0.2) is 4.98 Å². The van der Waals surface area contributed by atoms with E-state index in [4.69, 9.17) is 4.74 Å². The number of ether oxygens (including phenoxy) is 1. The van der Waals surface area contributed by atoms with Crippen molar-refractivity contribution >= 4 is 5.91 Å². The zero-order valence-electron chi connectivity index (χ0n) is 12.2. The first-order valence-electron chi connectivity index (χ1n) is 6.89. The highest BCUT2D eigenvalue weighted by Crippen LogP contribution is 2.08. The second-order valence-corrected chi connectivity index (χ2v) is 4.95. The van der Waals surface area contributed by atoms with Crippen LogP contribution in [-0.4, -0.2) is 22.0 Å². The van der Waals surface area contributed by atoms with Crippen LogP contribution in [0.2, 0.25) is 0 Å². The van der Waals surface area contributed by atoms with Gasteiger partial charge in [-0.2, -0.15) is 0 Å². The molecule has 1 heterocycles. The molecule has 0 aliphatic heterocycles. The number of nitrogens with zero attached hydrogens (tertiary/aromatic N) is 2. The highest BCUT2D eigenvalue weighted by molar-refractivity contribution is 5.91. The molecule has 1 N–H and O–H groups in total. The molecule has 5 heteroatoms. The van der Waals surface area contributed by atoms with Crippen molar-refractivity contribution in [1.29, 1.82) is 0 Å². The van der Waals surface area contributed by atoms with Crippen molar-refractivity contribution in [2.75, 3.05) is 0 Å². The molecular weight excluding hydrogens is 266 g/mol. The lowest BCUT2D eigenvalue weighted by Crippen LogP contribution is -2.23. The third-order valence-corrected chi connectivity index (χ3v) is 2.82. The van der Waals surface area contributed by atoms with Crippen LogP contribution < -0.4 is 5.32 Å².